The third kappa shape index (κ3) is 3.60. The lowest BCUT2D eigenvalue weighted by Crippen LogP contribution is -2.44. The Morgan fingerprint density at radius 1 is 1.50 bits per heavy atom. The zero-order chi connectivity index (χ0) is 16.1. The van der Waals surface area contributed by atoms with Crippen LogP contribution in [0.4, 0.5) is 5.69 Å². The van der Waals surface area contributed by atoms with Crippen molar-refractivity contribution in [2.45, 2.75) is 32.2 Å². The molecule has 2 rings (SSSR count). The maximum absolute atomic E-state index is 12.2. The number of nitro benzene ring substituents is 1. The lowest BCUT2D eigenvalue weighted by Gasteiger charge is -2.33. The highest BCUT2D eigenvalue weighted by atomic mass is 16.6. The number of nitrogens with zero attached hydrogens (tertiary/aromatic N) is 2. The molecule has 0 N–H and O–H groups in total. The average molecular weight is 306 g/mol. The fraction of sp³-hybridized carbons (Fsp3) is 0.467. The van der Waals surface area contributed by atoms with Gasteiger partial charge in [0.1, 0.15) is 5.75 Å². The molecule has 0 radical (unpaired) electrons. The third-order valence-corrected chi connectivity index (χ3v) is 3.81. The number of likely N-dealkylation sites (tertiary alicyclic amines) is 1. The molecule has 0 saturated carbocycles. The normalized spacial score (nSPS) is 17.9. The van der Waals surface area contributed by atoms with Crippen molar-refractivity contribution in [1.29, 1.82) is 0 Å². The zero-order valence-electron chi connectivity index (χ0n) is 12.4. The van der Waals surface area contributed by atoms with E-state index in [1.807, 2.05) is 6.92 Å². The smallest absolute Gasteiger partial charge is 0.270 e. The number of rotatable bonds is 5. The van der Waals surface area contributed by atoms with Crippen LogP contribution in [0.15, 0.2) is 18.2 Å². The van der Waals surface area contributed by atoms with E-state index in [4.69, 9.17) is 4.74 Å². The Balaban J connectivity index is 2.03. The molecule has 1 aromatic rings. The topological polar surface area (TPSA) is 89.8 Å². The minimum Gasteiger partial charge on any atom is -0.483 e. The molecule has 0 unspecified atom stereocenters. The number of benzene rings is 1. The number of hydrogen-bond donors (Lipinski definition) is 0. The molecule has 1 fully saturated rings. The van der Waals surface area contributed by atoms with Gasteiger partial charge in [-0.15, -0.1) is 0 Å². The Labute approximate surface area is 128 Å². The number of carbonyl (C=O) groups excluding carboxylic acids is 2. The summed E-state index contributed by atoms with van der Waals surface area (Å²) in [6.45, 7) is 2.53. The predicted octanol–water partition coefficient (Wildman–Crippen LogP) is 2.19. The molecule has 0 spiro atoms. The molecule has 0 aliphatic carbocycles. The van der Waals surface area contributed by atoms with Crippen LogP contribution in [0.1, 0.15) is 36.5 Å². The van der Waals surface area contributed by atoms with E-state index < -0.39 is 4.92 Å². The molecule has 1 aromatic carbocycles. The van der Waals surface area contributed by atoms with Crippen molar-refractivity contribution in [2.75, 3.05) is 13.2 Å². The van der Waals surface area contributed by atoms with E-state index in [0.29, 0.717) is 12.8 Å². The molecule has 1 saturated heterocycles. The van der Waals surface area contributed by atoms with Crippen molar-refractivity contribution in [3.8, 4) is 5.75 Å². The number of ether oxygens (including phenoxy) is 1. The lowest BCUT2D eigenvalue weighted by molar-refractivity contribution is -0.384. The SMILES string of the molecule is C[C@H]1CCCCN1C(=O)COc1ccc([N+](=O)[O-])cc1C=O. The number of non-ortho nitro benzene ring substituents is 1. The van der Waals surface area contributed by atoms with E-state index in [2.05, 4.69) is 0 Å². The Morgan fingerprint density at radius 2 is 2.27 bits per heavy atom. The van der Waals surface area contributed by atoms with Crippen LogP contribution in [0.25, 0.3) is 0 Å². The highest BCUT2D eigenvalue weighted by Gasteiger charge is 2.23. The summed E-state index contributed by atoms with van der Waals surface area (Å²) in [5, 5.41) is 10.7. The first-order chi connectivity index (χ1) is 10.5. The Hall–Kier alpha value is -2.44. The first-order valence-corrected chi connectivity index (χ1v) is 7.19. The van der Waals surface area contributed by atoms with Gasteiger partial charge in [-0.3, -0.25) is 19.7 Å². The van der Waals surface area contributed by atoms with E-state index in [0.717, 1.165) is 25.3 Å². The van der Waals surface area contributed by atoms with Crippen molar-refractivity contribution in [3.63, 3.8) is 0 Å². The largest absolute Gasteiger partial charge is 0.483 e. The monoisotopic (exact) mass is 306 g/mol. The van der Waals surface area contributed by atoms with Crippen LogP contribution in [0, 0.1) is 10.1 Å². The quantitative estimate of drug-likeness (QED) is 0.472. The van der Waals surface area contributed by atoms with Crippen molar-refractivity contribution in [1.82, 2.24) is 4.90 Å². The van der Waals surface area contributed by atoms with Crippen LogP contribution in [0.5, 0.6) is 5.75 Å². The second kappa shape index (κ2) is 7.02. The average Bonchev–Trinajstić information content (AvgIpc) is 2.52. The molecule has 22 heavy (non-hydrogen) atoms. The standard InChI is InChI=1S/C15H18N2O5/c1-11-4-2-3-7-16(11)15(19)10-22-14-6-5-13(17(20)21)8-12(14)9-18/h5-6,8-9,11H,2-4,7,10H2,1H3/t11-/m0/s1. The summed E-state index contributed by atoms with van der Waals surface area (Å²) in [6.07, 6.45) is 3.55. The minimum atomic E-state index is -0.586. The van der Waals surface area contributed by atoms with E-state index in [1.165, 1.54) is 12.1 Å². The maximum Gasteiger partial charge on any atom is 0.270 e. The highest BCUT2D eigenvalue weighted by Crippen LogP contribution is 2.23. The summed E-state index contributed by atoms with van der Waals surface area (Å²) in [6, 6.07) is 3.91. The fourth-order valence-electron chi connectivity index (χ4n) is 2.56. The molecule has 0 aromatic heterocycles. The molecule has 1 atom stereocenters. The molecule has 7 heteroatoms. The van der Waals surface area contributed by atoms with Gasteiger partial charge in [0.05, 0.1) is 10.5 Å². The van der Waals surface area contributed by atoms with E-state index in [9.17, 15) is 19.7 Å². The van der Waals surface area contributed by atoms with Gasteiger partial charge in [-0.05, 0) is 32.3 Å². The van der Waals surface area contributed by atoms with Crippen molar-refractivity contribution in [3.05, 3.63) is 33.9 Å². The highest BCUT2D eigenvalue weighted by molar-refractivity contribution is 5.82. The number of aldehydes is 1. The first-order valence-electron chi connectivity index (χ1n) is 7.19. The van der Waals surface area contributed by atoms with Gasteiger partial charge in [-0.25, -0.2) is 0 Å². The summed E-state index contributed by atoms with van der Waals surface area (Å²) < 4.78 is 5.38. The molecule has 7 nitrogen and oxygen atoms in total. The van der Waals surface area contributed by atoms with Crippen LogP contribution in [0.2, 0.25) is 0 Å². The Bertz CT molecular complexity index is 587. The molecule has 1 aliphatic rings. The van der Waals surface area contributed by atoms with Crippen molar-refractivity contribution in [2.24, 2.45) is 0 Å². The Kier molecular flexibility index (Phi) is 5.08. The molecule has 1 amide bonds. The van der Waals surface area contributed by atoms with Crippen LogP contribution in [0.3, 0.4) is 0 Å². The number of amides is 1. The zero-order valence-corrected chi connectivity index (χ0v) is 12.4. The third-order valence-electron chi connectivity index (χ3n) is 3.81. The van der Waals surface area contributed by atoms with Gasteiger partial charge in [0.2, 0.25) is 0 Å². The minimum absolute atomic E-state index is 0.0636. The number of piperidine rings is 1. The van der Waals surface area contributed by atoms with Crippen LogP contribution < -0.4 is 4.74 Å². The number of hydrogen-bond acceptors (Lipinski definition) is 5. The number of nitro groups is 1. The predicted molar refractivity (Wildman–Crippen MR) is 79.0 cm³/mol. The summed E-state index contributed by atoms with van der Waals surface area (Å²) in [5.74, 6) is 0.0426. The van der Waals surface area contributed by atoms with Crippen LogP contribution in [-0.2, 0) is 4.79 Å². The van der Waals surface area contributed by atoms with E-state index >= 15 is 0 Å². The van der Waals surface area contributed by atoms with Gasteiger partial charge in [0.25, 0.3) is 11.6 Å². The number of carbonyl (C=O) groups is 2. The maximum atomic E-state index is 12.2. The fourth-order valence-corrected chi connectivity index (χ4v) is 2.56. The summed E-state index contributed by atoms with van der Waals surface area (Å²) >= 11 is 0. The summed E-state index contributed by atoms with van der Waals surface area (Å²) in [7, 11) is 0. The molecule has 1 heterocycles. The Morgan fingerprint density at radius 3 is 2.91 bits per heavy atom. The molecule has 1 aliphatic heterocycles. The molecule has 118 valence electrons. The van der Waals surface area contributed by atoms with Gasteiger partial charge < -0.3 is 9.64 Å². The van der Waals surface area contributed by atoms with Gasteiger partial charge in [0.15, 0.2) is 12.9 Å². The van der Waals surface area contributed by atoms with Crippen molar-refractivity contribution >= 4 is 17.9 Å². The van der Waals surface area contributed by atoms with Gasteiger partial charge in [0, 0.05) is 24.7 Å². The van der Waals surface area contributed by atoms with E-state index in [1.54, 1.807) is 4.90 Å². The molecule has 0 bridgehead atoms. The van der Waals surface area contributed by atoms with Gasteiger partial charge in [-0.2, -0.15) is 0 Å². The van der Waals surface area contributed by atoms with Crippen molar-refractivity contribution < 1.29 is 19.2 Å². The molecular weight excluding hydrogens is 288 g/mol. The van der Waals surface area contributed by atoms with Crippen LogP contribution >= 0.6 is 0 Å². The summed E-state index contributed by atoms with van der Waals surface area (Å²) in [5.41, 5.74) is -0.126. The second-order valence-corrected chi connectivity index (χ2v) is 5.32. The molecular formula is C15H18N2O5. The van der Waals surface area contributed by atoms with Gasteiger partial charge >= 0.3 is 0 Å². The summed E-state index contributed by atoms with van der Waals surface area (Å²) in [4.78, 5) is 35.0. The lowest BCUT2D eigenvalue weighted by atomic mass is 10.0. The van der Waals surface area contributed by atoms with E-state index in [-0.39, 0.29) is 35.6 Å². The first kappa shape index (κ1) is 15.9. The second-order valence-electron chi connectivity index (χ2n) is 5.32. The van der Waals surface area contributed by atoms with Crippen LogP contribution in [-0.4, -0.2) is 41.2 Å². The van der Waals surface area contributed by atoms with Gasteiger partial charge in [-0.1, -0.05) is 0 Å².